The number of nitrogens with one attached hydrogen (secondary N) is 2. The van der Waals surface area contributed by atoms with Crippen LogP contribution in [0.4, 0.5) is 14.5 Å². The van der Waals surface area contributed by atoms with Crippen molar-refractivity contribution in [3.63, 3.8) is 0 Å². The average molecular weight is 421 g/mol. The second-order valence-electron chi connectivity index (χ2n) is 7.37. The Morgan fingerprint density at radius 1 is 1.30 bits per heavy atom. The minimum atomic E-state index is -2.84. The smallest absolute Gasteiger partial charge is 0.387 e. The zero-order chi connectivity index (χ0) is 21.5. The van der Waals surface area contributed by atoms with E-state index in [4.69, 9.17) is 4.42 Å². The van der Waals surface area contributed by atoms with Crippen molar-refractivity contribution < 1.29 is 17.9 Å². The molecule has 164 valence electrons. The van der Waals surface area contributed by atoms with Crippen molar-refractivity contribution in [3.8, 4) is 5.75 Å². The van der Waals surface area contributed by atoms with E-state index in [1.807, 2.05) is 37.2 Å². The van der Waals surface area contributed by atoms with Crippen LogP contribution in [0.3, 0.4) is 0 Å². The Morgan fingerprint density at radius 3 is 2.77 bits per heavy atom. The third-order valence-corrected chi connectivity index (χ3v) is 5.13. The van der Waals surface area contributed by atoms with E-state index < -0.39 is 6.61 Å². The van der Waals surface area contributed by atoms with Crippen molar-refractivity contribution >= 4 is 11.6 Å². The monoisotopic (exact) mass is 421 g/mol. The Kier molecular flexibility index (Phi) is 7.51. The molecular weight excluding hydrogens is 392 g/mol. The zero-order valence-electron chi connectivity index (χ0n) is 17.5. The normalized spacial score (nSPS) is 18.2. The molecule has 9 heteroatoms. The molecule has 3 rings (SSSR count). The number of aliphatic imine (C=N–C) groups is 1. The molecule has 7 nitrogen and oxygen atoms in total. The molecule has 0 spiro atoms. The van der Waals surface area contributed by atoms with Gasteiger partial charge in [0.05, 0.1) is 18.0 Å². The number of hydrogen-bond acceptors (Lipinski definition) is 5. The van der Waals surface area contributed by atoms with Crippen LogP contribution in [0.25, 0.3) is 0 Å². The fourth-order valence-electron chi connectivity index (χ4n) is 3.61. The SMILES string of the molecule is CN=C(NCC(c1ccco1)N(C)C)NC1CCN(c2ccccc2OC(F)F)C1. The molecule has 1 saturated heterocycles. The molecule has 1 aromatic carbocycles. The summed E-state index contributed by atoms with van der Waals surface area (Å²) in [7, 11) is 5.73. The van der Waals surface area contributed by atoms with Gasteiger partial charge >= 0.3 is 6.61 Å². The summed E-state index contributed by atoms with van der Waals surface area (Å²) < 4.78 is 35.6. The predicted octanol–water partition coefficient (Wildman–Crippen LogP) is 2.93. The van der Waals surface area contributed by atoms with Gasteiger partial charge in [-0.05, 0) is 44.8 Å². The fourth-order valence-corrected chi connectivity index (χ4v) is 3.61. The third kappa shape index (κ3) is 5.63. The van der Waals surface area contributed by atoms with E-state index in [1.54, 1.807) is 31.5 Å². The van der Waals surface area contributed by atoms with E-state index >= 15 is 0 Å². The molecule has 0 bridgehead atoms. The molecule has 1 aromatic heterocycles. The van der Waals surface area contributed by atoms with Gasteiger partial charge in [0.25, 0.3) is 0 Å². The molecule has 1 aliphatic heterocycles. The summed E-state index contributed by atoms with van der Waals surface area (Å²) in [4.78, 5) is 8.45. The Balaban J connectivity index is 1.56. The minimum absolute atomic E-state index is 0.0667. The van der Waals surface area contributed by atoms with Crippen LogP contribution in [-0.2, 0) is 0 Å². The summed E-state index contributed by atoms with van der Waals surface area (Å²) in [5, 5.41) is 6.78. The number of para-hydroxylation sites is 2. The first-order valence-corrected chi connectivity index (χ1v) is 9.93. The molecule has 1 fully saturated rings. The van der Waals surface area contributed by atoms with E-state index in [-0.39, 0.29) is 17.8 Å². The highest BCUT2D eigenvalue weighted by Gasteiger charge is 2.26. The number of nitrogens with zero attached hydrogens (tertiary/aromatic N) is 3. The minimum Gasteiger partial charge on any atom is -0.468 e. The third-order valence-electron chi connectivity index (χ3n) is 5.13. The lowest BCUT2D eigenvalue weighted by atomic mass is 10.2. The number of halogens is 2. The van der Waals surface area contributed by atoms with Gasteiger partial charge in [-0.15, -0.1) is 0 Å². The summed E-state index contributed by atoms with van der Waals surface area (Å²) in [6.07, 6.45) is 2.53. The van der Waals surface area contributed by atoms with Crippen molar-refractivity contribution in [1.82, 2.24) is 15.5 Å². The van der Waals surface area contributed by atoms with Gasteiger partial charge in [-0.2, -0.15) is 8.78 Å². The molecule has 2 atom stereocenters. The molecule has 2 heterocycles. The van der Waals surface area contributed by atoms with Crippen LogP contribution in [0, 0.1) is 0 Å². The van der Waals surface area contributed by atoms with Gasteiger partial charge in [-0.25, -0.2) is 0 Å². The van der Waals surface area contributed by atoms with Crippen LogP contribution < -0.4 is 20.3 Å². The molecule has 30 heavy (non-hydrogen) atoms. The number of benzene rings is 1. The largest absolute Gasteiger partial charge is 0.468 e. The van der Waals surface area contributed by atoms with E-state index in [1.165, 1.54) is 0 Å². The first-order valence-electron chi connectivity index (χ1n) is 9.93. The Hall–Kier alpha value is -2.81. The highest BCUT2D eigenvalue weighted by Crippen LogP contribution is 2.31. The number of alkyl halides is 2. The first-order chi connectivity index (χ1) is 14.5. The van der Waals surface area contributed by atoms with Crippen molar-refractivity contribution in [2.45, 2.75) is 25.1 Å². The Bertz CT molecular complexity index is 813. The van der Waals surface area contributed by atoms with Crippen molar-refractivity contribution in [2.75, 3.05) is 45.7 Å². The Labute approximate surface area is 175 Å². The standard InChI is InChI=1S/C21H29F2N5O2/c1-24-21(25-13-17(27(2)3)18-9-6-12-29-18)26-15-10-11-28(14-15)16-7-4-5-8-19(16)30-20(22)23/h4-9,12,15,17,20H,10-11,13-14H2,1-3H3,(H2,24,25,26). The lowest BCUT2D eigenvalue weighted by molar-refractivity contribution is -0.0495. The van der Waals surface area contributed by atoms with Crippen LogP contribution >= 0.6 is 0 Å². The molecule has 2 aromatic rings. The lowest BCUT2D eigenvalue weighted by Crippen LogP contribution is -2.46. The van der Waals surface area contributed by atoms with Gasteiger partial charge in [-0.3, -0.25) is 9.89 Å². The van der Waals surface area contributed by atoms with Crippen LogP contribution in [0.5, 0.6) is 5.75 Å². The molecule has 0 aliphatic carbocycles. The number of anilines is 1. The molecule has 0 amide bonds. The summed E-state index contributed by atoms with van der Waals surface area (Å²) in [5.41, 5.74) is 0.676. The van der Waals surface area contributed by atoms with Gasteiger partial charge in [-0.1, -0.05) is 12.1 Å². The fraction of sp³-hybridized carbons (Fsp3) is 0.476. The maximum Gasteiger partial charge on any atom is 0.387 e. The van der Waals surface area contributed by atoms with Gasteiger partial charge in [0.15, 0.2) is 5.96 Å². The van der Waals surface area contributed by atoms with Crippen LogP contribution in [0.15, 0.2) is 52.1 Å². The van der Waals surface area contributed by atoms with Gasteiger partial charge in [0, 0.05) is 32.7 Å². The summed E-state index contributed by atoms with van der Waals surface area (Å²) >= 11 is 0. The summed E-state index contributed by atoms with van der Waals surface area (Å²) in [6.45, 7) is -0.809. The van der Waals surface area contributed by atoms with Gasteiger partial charge < -0.3 is 24.7 Å². The van der Waals surface area contributed by atoms with Gasteiger partial charge in [0.1, 0.15) is 11.5 Å². The number of ether oxygens (including phenoxy) is 1. The maximum absolute atomic E-state index is 12.7. The predicted molar refractivity (Wildman–Crippen MR) is 113 cm³/mol. The number of furan rings is 1. The first kappa shape index (κ1) is 21.9. The molecule has 0 saturated carbocycles. The van der Waals surface area contributed by atoms with E-state index in [9.17, 15) is 8.78 Å². The van der Waals surface area contributed by atoms with Crippen LogP contribution in [-0.4, -0.2) is 64.3 Å². The van der Waals surface area contributed by atoms with Crippen molar-refractivity contribution in [2.24, 2.45) is 4.99 Å². The number of guanidine groups is 1. The van der Waals surface area contributed by atoms with Gasteiger partial charge in [0.2, 0.25) is 0 Å². The second-order valence-corrected chi connectivity index (χ2v) is 7.37. The maximum atomic E-state index is 12.7. The molecular formula is C21H29F2N5O2. The highest BCUT2D eigenvalue weighted by atomic mass is 19.3. The topological polar surface area (TPSA) is 65.3 Å². The molecule has 2 unspecified atom stereocenters. The molecule has 2 N–H and O–H groups in total. The van der Waals surface area contributed by atoms with Crippen LogP contribution in [0.1, 0.15) is 18.2 Å². The number of hydrogen-bond donors (Lipinski definition) is 2. The van der Waals surface area contributed by atoms with E-state index in [0.29, 0.717) is 24.7 Å². The second kappa shape index (κ2) is 10.3. The Morgan fingerprint density at radius 2 is 2.10 bits per heavy atom. The summed E-state index contributed by atoms with van der Waals surface area (Å²) in [5.74, 6) is 1.77. The molecule has 1 aliphatic rings. The van der Waals surface area contributed by atoms with E-state index in [0.717, 1.165) is 18.7 Å². The number of likely N-dealkylation sites (N-methyl/N-ethyl adjacent to an activating group) is 1. The van der Waals surface area contributed by atoms with E-state index in [2.05, 4.69) is 25.3 Å². The van der Waals surface area contributed by atoms with Crippen molar-refractivity contribution in [1.29, 1.82) is 0 Å². The van der Waals surface area contributed by atoms with Crippen LogP contribution in [0.2, 0.25) is 0 Å². The highest BCUT2D eigenvalue weighted by molar-refractivity contribution is 5.80. The number of rotatable bonds is 8. The quantitative estimate of drug-likeness (QED) is 0.505. The average Bonchev–Trinajstić information content (AvgIpc) is 3.39. The van der Waals surface area contributed by atoms with Crippen molar-refractivity contribution in [3.05, 3.63) is 48.4 Å². The summed E-state index contributed by atoms with van der Waals surface area (Å²) in [6, 6.07) is 10.9. The lowest BCUT2D eigenvalue weighted by Gasteiger charge is -2.25. The molecule has 0 radical (unpaired) electrons. The zero-order valence-corrected chi connectivity index (χ0v) is 17.5.